The predicted molar refractivity (Wildman–Crippen MR) is 180 cm³/mol. The molecule has 0 bridgehead atoms. The summed E-state index contributed by atoms with van der Waals surface area (Å²) in [6, 6.07) is 52.9. The molecular weight excluding hydrogens is 697 g/mol. The number of hydrogen-bond donors (Lipinski definition) is 0. The molecule has 6 aromatic carbocycles. The van der Waals surface area contributed by atoms with Crippen molar-refractivity contribution in [1.82, 2.24) is 0 Å². The fourth-order valence-electron chi connectivity index (χ4n) is 5.14. The third-order valence-electron chi connectivity index (χ3n) is 7.23. The van der Waals surface area contributed by atoms with Crippen molar-refractivity contribution in [3.63, 3.8) is 0 Å². The van der Waals surface area contributed by atoms with Crippen LogP contribution in [0.15, 0.2) is 146 Å². The summed E-state index contributed by atoms with van der Waals surface area (Å²) >= 11 is 0. The second kappa shape index (κ2) is 15.0. The Morgan fingerprint density at radius 3 is 1.15 bits per heavy atom. The number of benzene rings is 4. The van der Waals surface area contributed by atoms with Gasteiger partial charge >= 0.3 is 0 Å². The summed E-state index contributed by atoms with van der Waals surface area (Å²) in [4.78, 5) is 0. The van der Waals surface area contributed by atoms with Crippen LogP contribution in [0.25, 0.3) is 0 Å². The number of aryl methyl sites for hydroxylation is 4. The third-order valence-corrected chi connectivity index (χ3v) is 13.1. The summed E-state index contributed by atoms with van der Waals surface area (Å²) in [5, 5.41) is 8.78. The van der Waals surface area contributed by atoms with Gasteiger partial charge in [0.1, 0.15) is 0 Å². The zero-order valence-corrected chi connectivity index (χ0v) is 29.6. The van der Waals surface area contributed by atoms with Gasteiger partial charge in [-0.3, -0.25) is 0 Å². The summed E-state index contributed by atoms with van der Waals surface area (Å²) in [5.41, 5.74) is 5.46. The van der Waals surface area contributed by atoms with Gasteiger partial charge in [-0.2, -0.15) is 6.07 Å². The van der Waals surface area contributed by atoms with Crippen LogP contribution in [0.1, 0.15) is 22.3 Å². The standard InChI is InChI=1S/C33H31P2.C5H5.Hf/c1-24-14-5-9-18-28(24)34(29-19-10-6-15-25(29)2)32-22-13-23-33(32)35(30-20-11-7-16-26(30)3)31-21-12-8-17-27(31)4;1-2-4-5-3-1;/h5-23H,1-4H3;1-5H;/q-1;-5;. The zero-order chi connectivity index (χ0) is 27.9. The minimum atomic E-state index is -0.688. The Morgan fingerprint density at radius 1 is 0.439 bits per heavy atom. The van der Waals surface area contributed by atoms with Crippen molar-refractivity contribution in [2.24, 2.45) is 0 Å². The van der Waals surface area contributed by atoms with Gasteiger partial charge in [-0.05, 0) is 79.1 Å². The van der Waals surface area contributed by atoms with E-state index < -0.39 is 15.8 Å². The minimum Gasteiger partial charge on any atom is -0.748 e. The molecule has 0 amide bonds. The molecule has 0 atom stereocenters. The molecule has 6 aromatic rings. The van der Waals surface area contributed by atoms with Gasteiger partial charge in [0.05, 0.1) is 0 Å². The fourth-order valence-corrected chi connectivity index (χ4v) is 11.0. The van der Waals surface area contributed by atoms with Crippen molar-refractivity contribution in [1.29, 1.82) is 0 Å². The summed E-state index contributed by atoms with van der Waals surface area (Å²) in [7, 11) is -1.38. The van der Waals surface area contributed by atoms with Crippen LogP contribution in [0.2, 0.25) is 0 Å². The fraction of sp³-hybridized carbons (Fsp3) is 0.105. The SMILES string of the molecule is Cc1ccccc1P(c1ccccc1C)c1ccc[c-]1P(c1ccccc1C)c1ccccc1C.[Hf].[cH-]1[cH-][cH-][cH-][cH-]1. The topological polar surface area (TPSA) is 0 Å². The maximum Gasteiger partial charge on any atom is 0 e. The molecule has 0 fully saturated rings. The molecule has 0 heterocycles. The Bertz CT molecular complexity index is 1440. The maximum absolute atomic E-state index is 2.39. The van der Waals surface area contributed by atoms with Crippen LogP contribution in [-0.4, -0.2) is 0 Å². The Balaban J connectivity index is 0.000000584. The van der Waals surface area contributed by atoms with Gasteiger partial charge in [-0.25, -0.2) is 12.1 Å². The van der Waals surface area contributed by atoms with E-state index in [9.17, 15) is 0 Å². The normalized spacial score (nSPS) is 10.7. The van der Waals surface area contributed by atoms with Gasteiger partial charge < -0.3 is 30.3 Å². The number of hydrogen-bond acceptors (Lipinski definition) is 0. The first kappa shape index (κ1) is 31.3. The molecule has 0 spiro atoms. The molecular formula is C38H36HfP2-6. The number of rotatable bonds is 6. The Kier molecular flexibility index (Phi) is 11.4. The van der Waals surface area contributed by atoms with Crippen molar-refractivity contribution in [3.05, 3.63) is 168 Å². The van der Waals surface area contributed by atoms with E-state index in [2.05, 4.69) is 143 Å². The maximum atomic E-state index is 2.39. The van der Waals surface area contributed by atoms with E-state index in [1.54, 1.807) is 0 Å². The summed E-state index contributed by atoms with van der Waals surface area (Å²) < 4.78 is 0. The second-order valence-corrected chi connectivity index (χ2v) is 14.3. The molecule has 3 heteroatoms. The van der Waals surface area contributed by atoms with Gasteiger partial charge in [0.2, 0.25) is 0 Å². The van der Waals surface area contributed by atoms with E-state index in [0.717, 1.165) is 0 Å². The molecule has 0 saturated carbocycles. The van der Waals surface area contributed by atoms with Gasteiger partial charge in [-0.15, -0.1) is 10.6 Å². The van der Waals surface area contributed by atoms with Crippen LogP contribution in [0.4, 0.5) is 0 Å². The molecule has 41 heavy (non-hydrogen) atoms. The van der Waals surface area contributed by atoms with E-state index in [-0.39, 0.29) is 25.8 Å². The average molecular weight is 733 g/mol. The van der Waals surface area contributed by atoms with E-state index in [1.807, 2.05) is 30.3 Å². The van der Waals surface area contributed by atoms with Crippen LogP contribution in [0.3, 0.4) is 0 Å². The van der Waals surface area contributed by atoms with Crippen molar-refractivity contribution in [2.45, 2.75) is 27.7 Å². The molecule has 0 aromatic heterocycles. The van der Waals surface area contributed by atoms with Crippen molar-refractivity contribution >= 4 is 47.7 Å². The van der Waals surface area contributed by atoms with E-state index >= 15 is 0 Å². The molecule has 0 unspecified atom stereocenters. The molecule has 0 saturated heterocycles. The van der Waals surface area contributed by atoms with E-state index in [4.69, 9.17) is 0 Å². The largest absolute Gasteiger partial charge is 0.748 e. The summed E-state index contributed by atoms with van der Waals surface area (Å²) in [5.74, 6) is 0. The molecule has 0 N–H and O–H groups in total. The van der Waals surface area contributed by atoms with Crippen molar-refractivity contribution in [3.8, 4) is 0 Å². The Labute approximate surface area is 267 Å². The molecule has 0 radical (unpaired) electrons. The van der Waals surface area contributed by atoms with Crippen LogP contribution in [0, 0.1) is 27.7 Å². The van der Waals surface area contributed by atoms with Gasteiger partial charge in [0.15, 0.2) is 0 Å². The van der Waals surface area contributed by atoms with Crippen LogP contribution < -0.4 is 31.8 Å². The van der Waals surface area contributed by atoms with Crippen LogP contribution >= 0.6 is 15.8 Å². The molecule has 6 rings (SSSR count). The monoisotopic (exact) mass is 734 g/mol. The first-order valence-electron chi connectivity index (χ1n) is 13.8. The minimum absolute atomic E-state index is 0. The van der Waals surface area contributed by atoms with Crippen molar-refractivity contribution < 1.29 is 25.8 Å². The first-order valence-corrected chi connectivity index (χ1v) is 16.5. The first-order chi connectivity index (χ1) is 19.6. The van der Waals surface area contributed by atoms with Gasteiger partial charge in [0, 0.05) is 25.8 Å². The van der Waals surface area contributed by atoms with Gasteiger partial charge in [0.25, 0.3) is 0 Å². The molecule has 0 aliphatic carbocycles. The molecule has 0 aliphatic heterocycles. The smallest absolute Gasteiger partial charge is 0 e. The van der Waals surface area contributed by atoms with Crippen LogP contribution in [0.5, 0.6) is 0 Å². The second-order valence-electron chi connectivity index (χ2n) is 10.1. The summed E-state index contributed by atoms with van der Waals surface area (Å²) in [6.45, 7) is 9.04. The quantitative estimate of drug-likeness (QED) is 0.0943. The Hall–Kier alpha value is -2.69. The van der Waals surface area contributed by atoms with E-state index in [1.165, 1.54) is 54.1 Å². The summed E-state index contributed by atoms with van der Waals surface area (Å²) in [6.07, 6.45) is 0. The van der Waals surface area contributed by atoms with Crippen LogP contribution in [-0.2, 0) is 25.8 Å². The molecule has 208 valence electrons. The van der Waals surface area contributed by atoms with E-state index in [0.29, 0.717) is 0 Å². The molecule has 0 aliphatic rings. The molecule has 0 nitrogen and oxygen atoms in total. The predicted octanol–water partition coefficient (Wildman–Crippen LogP) is 7.56. The third kappa shape index (κ3) is 7.21. The average Bonchev–Trinajstić information content (AvgIpc) is 3.70. The zero-order valence-electron chi connectivity index (χ0n) is 24.3. The van der Waals surface area contributed by atoms with Crippen molar-refractivity contribution in [2.75, 3.05) is 0 Å². The van der Waals surface area contributed by atoms with Gasteiger partial charge in [-0.1, -0.05) is 105 Å². The Morgan fingerprint density at radius 2 is 0.780 bits per heavy atom.